The maximum absolute atomic E-state index is 5.97. The van der Waals surface area contributed by atoms with Crippen molar-refractivity contribution < 1.29 is 0 Å². The van der Waals surface area contributed by atoms with Crippen LogP contribution in [0, 0.1) is 0 Å². The highest BCUT2D eigenvalue weighted by Gasteiger charge is 2.07. The zero-order valence-corrected chi connectivity index (χ0v) is 11.6. The molecule has 0 saturated heterocycles. The molecular formula is C14H11BrN4. The van der Waals surface area contributed by atoms with E-state index in [-0.39, 0.29) is 0 Å². The van der Waals surface area contributed by atoms with Gasteiger partial charge in [-0.3, -0.25) is 0 Å². The molecule has 0 aliphatic heterocycles. The van der Waals surface area contributed by atoms with Crippen LogP contribution < -0.4 is 11.5 Å². The Kier molecular flexibility index (Phi) is 2.83. The molecule has 0 fully saturated rings. The van der Waals surface area contributed by atoms with Crippen LogP contribution in [0.2, 0.25) is 0 Å². The number of halogens is 1. The summed E-state index contributed by atoms with van der Waals surface area (Å²) in [5, 5.41) is 0.815. The highest BCUT2D eigenvalue weighted by molar-refractivity contribution is 9.10. The van der Waals surface area contributed by atoms with Gasteiger partial charge in [-0.25, -0.2) is 9.97 Å². The third-order valence-electron chi connectivity index (χ3n) is 2.85. The number of hydrogen-bond acceptors (Lipinski definition) is 4. The van der Waals surface area contributed by atoms with E-state index in [4.69, 9.17) is 11.5 Å². The molecule has 0 saturated carbocycles. The van der Waals surface area contributed by atoms with Gasteiger partial charge in [-0.2, -0.15) is 0 Å². The first-order valence-corrected chi connectivity index (χ1v) is 6.51. The maximum Gasteiger partial charge on any atom is 0.162 e. The molecule has 3 aromatic rings. The largest absolute Gasteiger partial charge is 0.399 e. The van der Waals surface area contributed by atoms with Crippen molar-refractivity contribution in [1.82, 2.24) is 9.97 Å². The van der Waals surface area contributed by atoms with Gasteiger partial charge in [0.1, 0.15) is 5.82 Å². The van der Waals surface area contributed by atoms with Gasteiger partial charge in [-0.05, 0) is 30.3 Å². The molecule has 4 N–H and O–H groups in total. The first-order valence-electron chi connectivity index (χ1n) is 5.72. The minimum atomic E-state index is 0.461. The Hall–Kier alpha value is -2.14. The van der Waals surface area contributed by atoms with Crippen molar-refractivity contribution in [1.29, 1.82) is 0 Å². The monoisotopic (exact) mass is 314 g/mol. The van der Waals surface area contributed by atoms with Gasteiger partial charge in [0.15, 0.2) is 5.82 Å². The van der Waals surface area contributed by atoms with Crippen molar-refractivity contribution in [3.63, 3.8) is 0 Å². The van der Waals surface area contributed by atoms with E-state index >= 15 is 0 Å². The van der Waals surface area contributed by atoms with E-state index in [1.54, 1.807) is 12.1 Å². The molecule has 19 heavy (non-hydrogen) atoms. The summed E-state index contributed by atoms with van der Waals surface area (Å²) in [6, 6.07) is 13.2. The van der Waals surface area contributed by atoms with Crippen LogP contribution >= 0.6 is 15.9 Å². The number of rotatable bonds is 1. The zero-order valence-electron chi connectivity index (χ0n) is 9.97. The van der Waals surface area contributed by atoms with Crippen molar-refractivity contribution in [2.75, 3.05) is 11.5 Å². The Morgan fingerprint density at radius 1 is 0.895 bits per heavy atom. The van der Waals surface area contributed by atoms with Crippen molar-refractivity contribution >= 4 is 38.3 Å². The Morgan fingerprint density at radius 3 is 2.37 bits per heavy atom. The van der Waals surface area contributed by atoms with E-state index in [2.05, 4.69) is 25.9 Å². The number of aromatic nitrogens is 2. The molecule has 4 nitrogen and oxygen atoms in total. The van der Waals surface area contributed by atoms with Crippen molar-refractivity contribution in [2.45, 2.75) is 0 Å². The summed E-state index contributed by atoms with van der Waals surface area (Å²) in [4.78, 5) is 8.85. The van der Waals surface area contributed by atoms with Crippen LogP contribution in [-0.2, 0) is 0 Å². The average molecular weight is 315 g/mol. The minimum absolute atomic E-state index is 0.461. The number of anilines is 2. The third kappa shape index (κ3) is 2.24. The lowest BCUT2D eigenvalue weighted by Crippen LogP contribution is -1.98. The Bertz CT molecular complexity index is 753. The Morgan fingerprint density at radius 2 is 1.63 bits per heavy atom. The third-order valence-corrected chi connectivity index (χ3v) is 3.38. The number of benzene rings is 2. The summed E-state index contributed by atoms with van der Waals surface area (Å²) in [5.41, 5.74) is 14.1. The topological polar surface area (TPSA) is 77.8 Å². The number of fused-ring (bicyclic) bond motifs is 1. The summed E-state index contributed by atoms with van der Waals surface area (Å²) in [6.45, 7) is 0. The molecule has 0 unspecified atom stereocenters. The highest BCUT2D eigenvalue weighted by Crippen LogP contribution is 2.25. The van der Waals surface area contributed by atoms with Crippen LogP contribution in [-0.4, -0.2) is 9.97 Å². The standard InChI is InChI=1S/C14H11BrN4/c15-9-3-1-8(2-4-9)14-18-12-7-10(16)5-6-11(12)13(17)19-14/h1-7H,16H2,(H2,17,18,19). The second kappa shape index (κ2) is 4.51. The normalized spacial score (nSPS) is 10.8. The first kappa shape index (κ1) is 11.9. The fraction of sp³-hybridized carbons (Fsp3) is 0. The number of nitrogen functional groups attached to an aromatic ring is 2. The molecule has 3 rings (SSSR count). The predicted octanol–water partition coefficient (Wildman–Crippen LogP) is 3.22. The molecule has 94 valence electrons. The molecule has 0 aliphatic carbocycles. The maximum atomic E-state index is 5.97. The van der Waals surface area contributed by atoms with E-state index in [1.165, 1.54) is 0 Å². The SMILES string of the molecule is Nc1ccc2c(N)nc(-c3ccc(Br)cc3)nc2c1. The molecule has 5 heteroatoms. The van der Waals surface area contributed by atoms with Gasteiger partial charge in [0.2, 0.25) is 0 Å². The molecule has 0 radical (unpaired) electrons. The van der Waals surface area contributed by atoms with Crippen molar-refractivity contribution in [2.24, 2.45) is 0 Å². The second-order valence-corrected chi connectivity index (χ2v) is 5.13. The number of nitrogens with zero attached hydrogens (tertiary/aromatic N) is 2. The first-order chi connectivity index (χ1) is 9.13. The zero-order chi connectivity index (χ0) is 13.4. The molecular weight excluding hydrogens is 304 g/mol. The molecule has 0 amide bonds. The fourth-order valence-corrected chi connectivity index (χ4v) is 2.16. The van der Waals surface area contributed by atoms with E-state index < -0.39 is 0 Å². The second-order valence-electron chi connectivity index (χ2n) is 4.22. The predicted molar refractivity (Wildman–Crippen MR) is 81.5 cm³/mol. The van der Waals surface area contributed by atoms with E-state index in [9.17, 15) is 0 Å². The number of nitrogens with two attached hydrogens (primary N) is 2. The van der Waals surface area contributed by atoms with Gasteiger partial charge in [0.05, 0.1) is 5.52 Å². The lowest BCUT2D eigenvalue weighted by molar-refractivity contribution is 1.23. The van der Waals surface area contributed by atoms with Crippen LogP contribution in [0.1, 0.15) is 0 Å². The Labute approximate surface area is 118 Å². The summed E-state index contributed by atoms with van der Waals surface area (Å²) in [7, 11) is 0. The molecule has 0 bridgehead atoms. The fourth-order valence-electron chi connectivity index (χ4n) is 1.90. The van der Waals surface area contributed by atoms with Gasteiger partial charge in [0, 0.05) is 21.1 Å². The summed E-state index contributed by atoms with van der Waals surface area (Å²) < 4.78 is 1.01. The molecule has 1 aromatic heterocycles. The molecule has 2 aromatic carbocycles. The minimum Gasteiger partial charge on any atom is -0.399 e. The van der Waals surface area contributed by atoms with Gasteiger partial charge < -0.3 is 11.5 Å². The van der Waals surface area contributed by atoms with Crippen LogP contribution in [0.3, 0.4) is 0 Å². The highest BCUT2D eigenvalue weighted by atomic mass is 79.9. The lowest BCUT2D eigenvalue weighted by Gasteiger charge is -2.06. The smallest absolute Gasteiger partial charge is 0.162 e. The summed E-state index contributed by atoms with van der Waals surface area (Å²) in [5.74, 6) is 1.06. The van der Waals surface area contributed by atoms with E-state index in [0.29, 0.717) is 17.3 Å². The summed E-state index contributed by atoms with van der Waals surface area (Å²) in [6.07, 6.45) is 0. The quantitative estimate of drug-likeness (QED) is 0.676. The lowest BCUT2D eigenvalue weighted by atomic mass is 10.1. The van der Waals surface area contributed by atoms with E-state index in [0.717, 1.165) is 20.9 Å². The van der Waals surface area contributed by atoms with Gasteiger partial charge >= 0.3 is 0 Å². The Balaban J connectivity index is 2.22. The van der Waals surface area contributed by atoms with Crippen LogP contribution in [0.15, 0.2) is 46.9 Å². The number of hydrogen-bond donors (Lipinski definition) is 2. The van der Waals surface area contributed by atoms with Crippen LogP contribution in [0.4, 0.5) is 11.5 Å². The summed E-state index contributed by atoms with van der Waals surface area (Å²) >= 11 is 3.40. The van der Waals surface area contributed by atoms with E-state index in [1.807, 2.05) is 30.3 Å². The van der Waals surface area contributed by atoms with Crippen LogP contribution in [0.5, 0.6) is 0 Å². The van der Waals surface area contributed by atoms with Crippen LogP contribution in [0.25, 0.3) is 22.3 Å². The van der Waals surface area contributed by atoms with Crippen molar-refractivity contribution in [3.05, 3.63) is 46.9 Å². The molecule has 0 spiro atoms. The van der Waals surface area contributed by atoms with Gasteiger partial charge in [0.25, 0.3) is 0 Å². The van der Waals surface area contributed by atoms with Gasteiger partial charge in [-0.15, -0.1) is 0 Å². The molecule has 0 atom stereocenters. The van der Waals surface area contributed by atoms with Crippen molar-refractivity contribution in [3.8, 4) is 11.4 Å². The van der Waals surface area contributed by atoms with Gasteiger partial charge in [-0.1, -0.05) is 28.1 Å². The molecule has 1 heterocycles. The average Bonchev–Trinajstić information content (AvgIpc) is 2.38. The molecule has 0 aliphatic rings.